The van der Waals surface area contributed by atoms with Crippen LogP contribution in [0.4, 0.5) is 0 Å². The SMILES string of the molecule is Cc1cc(CN2CC3(C2)OCCC3CCNC(=O)c2cnccn2)n(C)n1. The number of hydrogen-bond donors (Lipinski definition) is 1. The first kappa shape index (κ1) is 18.1. The van der Waals surface area contributed by atoms with Gasteiger partial charge >= 0.3 is 0 Å². The van der Waals surface area contributed by atoms with Gasteiger partial charge < -0.3 is 10.1 Å². The summed E-state index contributed by atoms with van der Waals surface area (Å²) in [5.41, 5.74) is 2.59. The molecule has 8 heteroatoms. The third-order valence-corrected chi connectivity index (χ3v) is 5.64. The number of rotatable bonds is 6. The molecule has 144 valence electrons. The molecule has 1 N–H and O–H groups in total. The van der Waals surface area contributed by atoms with E-state index in [1.165, 1.54) is 18.1 Å². The Bertz CT molecular complexity index is 800. The Hall–Kier alpha value is -2.32. The van der Waals surface area contributed by atoms with Crippen LogP contribution in [0, 0.1) is 12.8 Å². The van der Waals surface area contributed by atoms with Crippen LogP contribution in [0.1, 0.15) is 34.7 Å². The van der Waals surface area contributed by atoms with Gasteiger partial charge in [0.1, 0.15) is 5.69 Å². The first-order chi connectivity index (χ1) is 13.1. The van der Waals surface area contributed by atoms with Gasteiger partial charge in [-0.2, -0.15) is 5.10 Å². The number of carbonyl (C=O) groups excluding carboxylic acids is 1. The van der Waals surface area contributed by atoms with Crippen molar-refractivity contribution in [3.8, 4) is 0 Å². The zero-order valence-corrected chi connectivity index (χ0v) is 15.9. The highest BCUT2D eigenvalue weighted by Crippen LogP contribution is 2.42. The Labute approximate surface area is 158 Å². The molecule has 0 aliphatic carbocycles. The number of amides is 1. The van der Waals surface area contributed by atoms with Crippen molar-refractivity contribution < 1.29 is 9.53 Å². The predicted octanol–water partition coefficient (Wildman–Crippen LogP) is 0.930. The highest BCUT2D eigenvalue weighted by atomic mass is 16.5. The number of nitrogens with one attached hydrogen (secondary N) is 1. The Morgan fingerprint density at radius 2 is 2.26 bits per heavy atom. The van der Waals surface area contributed by atoms with Gasteiger partial charge in [-0.1, -0.05) is 0 Å². The molecular weight excluding hydrogens is 344 g/mol. The highest BCUT2D eigenvalue weighted by molar-refractivity contribution is 5.91. The van der Waals surface area contributed by atoms with Crippen LogP contribution in [-0.4, -0.2) is 62.4 Å². The second-order valence-electron chi connectivity index (χ2n) is 7.58. The van der Waals surface area contributed by atoms with Crippen LogP contribution in [0.3, 0.4) is 0 Å². The van der Waals surface area contributed by atoms with Crippen LogP contribution in [0.15, 0.2) is 24.7 Å². The second-order valence-corrected chi connectivity index (χ2v) is 7.58. The largest absolute Gasteiger partial charge is 0.372 e. The van der Waals surface area contributed by atoms with Crippen molar-refractivity contribution in [3.63, 3.8) is 0 Å². The molecule has 0 saturated carbocycles. The van der Waals surface area contributed by atoms with Crippen LogP contribution >= 0.6 is 0 Å². The fourth-order valence-electron chi connectivity index (χ4n) is 4.27. The normalized spacial score (nSPS) is 21.3. The lowest BCUT2D eigenvalue weighted by Gasteiger charge is -2.50. The minimum absolute atomic E-state index is 0.0507. The molecule has 2 fully saturated rings. The van der Waals surface area contributed by atoms with Crippen molar-refractivity contribution in [1.29, 1.82) is 0 Å². The van der Waals surface area contributed by atoms with Gasteiger partial charge in [-0.15, -0.1) is 0 Å². The molecule has 2 aliphatic rings. The van der Waals surface area contributed by atoms with Gasteiger partial charge in [-0.25, -0.2) is 4.98 Å². The molecule has 0 radical (unpaired) electrons. The third kappa shape index (κ3) is 3.72. The molecular formula is C19H26N6O2. The average molecular weight is 370 g/mol. The Kier molecular flexibility index (Phi) is 4.92. The van der Waals surface area contributed by atoms with Crippen LogP contribution in [0.25, 0.3) is 0 Å². The summed E-state index contributed by atoms with van der Waals surface area (Å²) >= 11 is 0. The molecule has 2 aromatic heterocycles. The van der Waals surface area contributed by atoms with Crippen LogP contribution in [-0.2, 0) is 18.3 Å². The van der Waals surface area contributed by atoms with Gasteiger partial charge in [0.25, 0.3) is 5.91 Å². The van der Waals surface area contributed by atoms with Gasteiger partial charge in [0.05, 0.1) is 23.2 Å². The van der Waals surface area contributed by atoms with Crippen molar-refractivity contribution in [2.24, 2.45) is 13.0 Å². The van der Waals surface area contributed by atoms with Crippen molar-refractivity contribution in [2.75, 3.05) is 26.2 Å². The number of nitrogens with zero attached hydrogens (tertiary/aromatic N) is 5. The van der Waals surface area contributed by atoms with Gasteiger partial charge in [0, 0.05) is 52.2 Å². The lowest BCUT2D eigenvalue weighted by atomic mass is 9.79. The summed E-state index contributed by atoms with van der Waals surface area (Å²) in [6.07, 6.45) is 6.55. The molecule has 2 aliphatic heterocycles. The number of aryl methyl sites for hydroxylation is 2. The molecule has 8 nitrogen and oxygen atoms in total. The summed E-state index contributed by atoms with van der Waals surface area (Å²) in [5.74, 6) is 0.307. The van der Waals surface area contributed by atoms with Crippen molar-refractivity contribution in [1.82, 2.24) is 30.0 Å². The van der Waals surface area contributed by atoms with Gasteiger partial charge in [0.15, 0.2) is 0 Å². The molecule has 1 amide bonds. The predicted molar refractivity (Wildman–Crippen MR) is 99.0 cm³/mol. The molecule has 0 bridgehead atoms. The van der Waals surface area contributed by atoms with E-state index in [2.05, 4.69) is 31.3 Å². The molecule has 27 heavy (non-hydrogen) atoms. The second kappa shape index (κ2) is 7.36. The van der Waals surface area contributed by atoms with E-state index in [1.807, 2.05) is 18.7 Å². The number of carbonyl (C=O) groups is 1. The maximum atomic E-state index is 12.1. The fourth-order valence-corrected chi connectivity index (χ4v) is 4.27. The molecule has 1 atom stereocenters. The zero-order valence-electron chi connectivity index (χ0n) is 15.9. The molecule has 1 unspecified atom stereocenters. The maximum absolute atomic E-state index is 12.1. The minimum atomic E-state index is -0.169. The van der Waals surface area contributed by atoms with E-state index in [-0.39, 0.29) is 11.5 Å². The quantitative estimate of drug-likeness (QED) is 0.814. The van der Waals surface area contributed by atoms with E-state index in [0.717, 1.165) is 44.8 Å². The lowest BCUT2D eigenvalue weighted by Crippen LogP contribution is -2.64. The molecule has 4 rings (SSSR count). The molecule has 4 heterocycles. The summed E-state index contributed by atoms with van der Waals surface area (Å²) < 4.78 is 8.09. The van der Waals surface area contributed by atoms with E-state index in [9.17, 15) is 4.79 Å². The Morgan fingerprint density at radius 1 is 1.41 bits per heavy atom. The van der Waals surface area contributed by atoms with Crippen molar-refractivity contribution in [3.05, 3.63) is 41.7 Å². The molecule has 2 saturated heterocycles. The summed E-state index contributed by atoms with van der Waals surface area (Å²) in [6.45, 7) is 6.25. The first-order valence-corrected chi connectivity index (χ1v) is 9.46. The van der Waals surface area contributed by atoms with Gasteiger partial charge in [-0.3, -0.25) is 19.4 Å². The van der Waals surface area contributed by atoms with Gasteiger partial charge in [0.2, 0.25) is 0 Å². The highest BCUT2D eigenvalue weighted by Gasteiger charge is 2.52. The topological polar surface area (TPSA) is 85.2 Å². The summed E-state index contributed by atoms with van der Waals surface area (Å²) in [6, 6.07) is 2.14. The molecule has 2 aromatic rings. The monoisotopic (exact) mass is 370 g/mol. The summed E-state index contributed by atoms with van der Waals surface area (Å²) in [4.78, 5) is 22.5. The lowest BCUT2D eigenvalue weighted by molar-refractivity contribution is -0.137. The van der Waals surface area contributed by atoms with E-state index in [1.54, 1.807) is 6.20 Å². The van der Waals surface area contributed by atoms with Crippen molar-refractivity contribution in [2.45, 2.75) is 31.9 Å². The maximum Gasteiger partial charge on any atom is 0.271 e. The minimum Gasteiger partial charge on any atom is -0.372 e. The first-order valence-electron chi connectivity index (χ1n) is 9.46. The van der Waals surface area contributed by atoms with E-state index in [0.29, 0.717) is 18.2 Å². The van der Waals surface area contributed by atoms with Gasteiger partial charge in [-0.05, 0) is 31.7 Å². The number of likely N-dealkylation sites (tertiary alicyclic amines) is 1. The van der Waals surface area contributed by atoms with E-state index >= 15 is 0 Å². The average Bonchev–Trinajstić information content (AvgIpc) is 3.18. The van der Waals surface area contributed by atoms with E-state index < -0.39 is 0 Å². The van der Waals surface area contributed by atoms with Crippen LogP contribution in [0.5, 0.6) is 0 Å². The zero-order chi connectivity index (χ0) is 18.9. The number of aromatic nitrogens is 4. The molecule has 1 spiro atoms. The number of hydrogen-bond acceptors (Lipinski definition) is 6. The number of ether oxygens (including phenoxy) is 1. The van der Waals surface area contributed by atoms with Crippen LogP contribution < -0.4 is 5.32 Å². The van der Waals surface area contributed by atoms with Crippen LogP contribution in [0.2, 0.25) is 0 Å². The molecule has 0 aromatic carbocycles. The third-order valence-electron chi connectivity index (χ3n) is 5.64. The van der Waals surface area contributed by atoms with E-state index in [4.69, 9.17) is 4.74 Å². The Balaban J connectivity index is 1.26. The Morgan fingerprint density at radius 3 is 2.96 bits per heavy atom. The summed E-state index contributed by atoms with van der Waals surface area (Å²) in [5, 5.41) is 7.37. The smallest absolute Gasteiger partial charge is 0.271 e. The van der Waals surface area contributed by atoms with Crippen molar-refractivity contribution >= 4 is 5.91 Å². The standard InChI is InChI=1S/C19H26N6O2/c1-14-9-16(24(2)23-14)11-25-12-19(13-25)15(4-8-27-19)3-5-22-18(26)17-10-20-6-7-21-17/h6-7,9-10,15H,3-5,8,11-13H2,1-2H3,(H,22,26). The summed E-state index contributed by atoms with van der Waals surface area (Å²) in [7, 11) is 1.99. The fraction of sp³-hybridized carbons (Fsp3) is 0.579.